The Labute approximate surface area is 180 Å². The highest BCUT2D eigenvalue weighted by atomic mass is 32.1. The summed E-state index contributed by atoms with van der Waals surface area (Å²) in [6.45, 7) is 4.08. The highest BCUT2D eigenvalue weighted by Crippen LogP contribution is 2.26. The van der Waals surface area contributed by atoms with Crippen LogP contribution in [0.4, 0.5) is 11.5 Å². The molecule has 4 rings (SSSR count). The lowest BCUT2D eigenvalue weighted by atomic mass is 10.2. The summed E-state index contributed by atoms with van der Waals surface area (Å²) < 4.78 is 2.17. The third-order valence-electron chi connectivity index (χ3n) is 5.05. The van der Waals surface area contributed by atoms with Crippen LogP contribution in [-0.2, 0) is 4.79 Å². The zero-order valence-electron chi connectivity index (χ0n) is 16.1. The predicted octanol–water partition coefficient (Wildman–Crippen LogP) is 2.88. The van der Waals surface area contributed by atoms with Gasteiger partial charge < -0.3 is 9.80 Å². The monoisotopic (exact) mass is 445 g/mol. The van der Waals surface area contributed by atoms with Crippen LogP contribution >= 0.6 is 23.6 Å². The fourth-order valence-electron chi connectivity index (χ4n) is 3.45. The minimum atomic E-state index is -0.489. The van der Waals surface area contributed by atoms with Gasteiger partial charge in [-0.25, -0.2) is 4.98 Å². The number of rotatable bonds is 5. The van der Waals surface area contributed by atoms with Crippen LogP contribution in [-0.4, -0.2) is 61.7 Å². The Hall–Kier alpha value is -3.12. The quantitative estimate of drug-likeness (QED) is 0.365. The van der Waals surface area contributed by atoms with Gasteiger partial charge in [0.2, 0.25) is 5.91 Å². The van der Waals surface area contributed by atoms with Gasteiger partial charge in [0.05, 0.1) is 9.80 Å². The summed E-state index contributed by atoms with van der Waals surface area (Å²) in [5.74, 6) is 1.30. The Kier molecular flexibility index (Phi) is 5.59. The summed E-state index contributed by atoms with van der Waals surface area (Å²) in [5.41, 5.74) is -0.0419. The van der Waals surface area contributed by atoms with Gasteiger partial charge in [0.15, 0.2) is 10.6 Å². The third-order valence-corrected chi connectivity index (χ3v) is 6.20. The molecule has 1 atom stereocenters. The molecular weight excluding hydrogens is 426 g/mol. The first-order valence-electron chi connectivity index (χ1n) is 9.30. The molecule has 1 aliphatic heterocycles. The van der Waals surface area contributed by atoms with Crippen LogP contribution in [0.1, 0.15) is 13.0 Å². The first-order valence-corrected chi connectivity index (χ1v) is 10.6. The number of hydrogen-bond donors (Lipinski definition) is 1. The van der Waals surface area contributed by atoms with Gasteiger partial charge >= 0.3 is 0 Å². The van der Waals surface area contributed by atoms with E-state index in [4.69, 9.17) is 12.2 Å². The van der Waals surface area contributed by atoms with E-state index in [1.54, 1.807) is 15.5 Å². The number of nitro groups is 1. The average Bonchev–Trinajstić information content (AvgIpc) is 3.42. The molecule has 1 saturated heterocycles. The summed E-state index contributed by atoms with van der Waals surface area (Å²) in [7, 11) is 0. The maximum atomic E-state index is 13.1. The van der Waals surface area contributed by atoms with Crippen LogP contribution < -0.4 is 4.90 Å². The number of hydrogen-bond acceptors (Lipinski definition) is 8. The number of amides is 1. The number of anilines is 1. The van der Waals surface area contributed by atoms with E-state index in [1.165, 1.54) is 23.6 Å². The maximum Gasteiger partial charge on any atom is 0.287 e. The molecule has 0 radical (unpaired) electrons. The molecule has 1 N–H and O–H groups in total. The van der Waals surface area contributed by atoms with Crippen LogP contribution in [0.5, 0.6) is 0 Å². The molecule has 0 aliphatic carbocycles. The van der Waals surface area contributed by atoms with Crippen molar-refractivity contribution in [2.24, 2.45) is 0 Å². The fourth-order valence-corrected chi connectivity index (χ4v) is 4.45. The van der Waals surface area contributed by atoms with Crippen molar-refractivity contribution < 1.29 is 9.72 Å². The molecule has 1 aliphatic rings. The summed E-state index contributed by atoms with van der Waals surface area (Å²) in [6.07, 6.45) is 1.25. The molecule has 0 bridgehead atoms. The Balaban J connectivity index is 1.44. The Morgan fingerprint density at radius 1 is 1.30 bits per heavy atom. The largest absolute Gasteiger partial charge is 0.353 e. The summed E-state index contributed by atoms with van der Waals surface area (Å²) in [6, 6.07) is 6.46. The zero-order valence-corrected chi connectivity index (χ0v) is 17.7. The highest BCUT2D eigenvalue weighted by Gasteiger charge is 2.28. The van der Waals surface area contributed by atoms with Crippen molar-refractivity contribution in [1.82, 2.24) is 24.6 Å². The van der Waals surface area contributed by atoms with Crippen molar-refractivity contribution in [3.63, 3.8) is 0 Å². The number of pyridine rings is 1. The van der Waals surface area contributed by atoms with E-state index in [1.807, 2.05) is 29.3 Å². The molecule has 0 aromatic carbocycles. The molecule has 30 heavy (non-hydrogen) atoms. The van der Waals surface area contributed by atoms with E-state index in [-0.39, 0.29) is 11.6 Å². The number of nitrogens with one attached hydrogen (secondary N) is 1. The molecule has 0 saturated carbocycles. The molecule has 1 amide bonds. The van der Waals surface area contributed by atoms with Crippen LogP contribution in [0.15, 0.2) is 35.8 Å². The van der Waals surface area contributed by atoms with Crippen molar-refractivity contribution in [1.29, 1.82) is 0 Å². The number of aromatic amines is 1. The van der Waals surface area contributed by atoms with Crippen molar-refractivity contribution >= 4 is 41.0 Å². The van der Waals surface area contributed by atoms with Gasteiger partial charge in [0.1, 0.15) is 18.1 Å². The van der Waals surface area contributed by atoms with Crippen molar-refractivity contribution in [3.8, 4) is 10.7 Å². The smallest absolute Gasteiger partial charge is 0.287 e. The van der Waals surface area contributed by atoms with E-state index in [0.29, 0.717) is 42.6 Å². The Morgan fingerprint density at radius 2 is 2.07 bits per heavy atom. The molecule has 156 valence electrons. The van der Waals surface area contributed by atoms with Crippen molar-refractivity contribution in [2.75, 3.05) is 31.1 Å². The van der Waals surface area contributed by atoms with Gasteiger partial charge in [-0.3, -0.25) is 24.6 Å². The van der Waals surface area contributed by atoms with Crippen LogP contribution in [0.2, 0.25) is 0 Å². The number of carbonyl (C=O) groups is 1. The number of carbonyl (C=O) groups excluding carboxylic acids is 1. The molecule has 4 heterocycles. The van der Waals surface area contributed by atoms with E-state index < -0.39 is 11.0 Å². The Morgan fingerprint density at radius 3 is 2.67 bits per heavy atom. The number of nitrogens with zero attached hydrogens (tertiary/aromatic N) is 6. The fraction of sp³-hybridized carbons (Fsp3) is 0.333. The van der Waals surface area contributed by atoms with Gasteiger partial charge in [0, 0.05) is 32.2 Å². The van der Waals surface area contributed by atoms with Crippen LogP contribution in [0.3, 0.4) is 0 Å². The normalized spacial score (nSPS) is 15.2. The second-order valence-electron chi connectivity index (χ2n) is 6.82. The van der Waals surface area contributed by atoms with E-state index in [9.17, 15) is 14.9 Å². The molecule has 3 aromatic heterocycles. The Bertz CT molecular complexity index is 1100. The molecule has 1 fully saturated rings. The van der Waals surface area contributed by atoms with Gasteiger partial charge in [-0.15, -0.1) is 11.3 Å². The van der Waals surface area contributed by atoms with E-state index >= 15 is 0 Å². The van der Waals surface area contributed by atoms with Crippen molar-refractivity contribution in [2.45, 2.75) is 13.0 Å². The summed E-state index contributed by atoms with van der Waals surface area (Å²) in [5, 5.41) is 19.8. The molecule has 0 spiro atoms. The predicted molar refractivity (Wildman–Crippen MR) is 115 cm³/mol. The van der Waals surface area contributed by atoms with Gasteiger partial charge in [-0.05, 0) is 36.7 Å². The number of thiophene rings is 1. The topological polar surface area (TPSA) is 113 Å². The average molecular weight is 446 g/mol. The summed E-state index contributed by atoms with van der Waals surface area (Å²) >= 11 is 6.91. The van der Waals surface area contributed by atoms with Crippen LogP contribution in [0.25, 0.3) is 10.7 Å². The molecule has 12 heteroatoms. The van der Waals surface area contributed by atoms with E-state index in [0.717, 1.165) is 4.88 Å². The lowest BCUT2D eigenvalue weighted by Gasteiger charge is -2.36. The number of aromatic nitrogens is 4. The molecule has 3 aromatic rings. The lowest BCUT2D eigenvalue weighted by molar-refractivity contribution is -0.385. The zero-order chi connectivity index (χ0) is 21.3. The van der Waals surface area contributed by atoms with Gasteiger partial charge in [0.25, 0.3) is 5.69 Å². The summed E-state index contributed by atoms with van der Waals surface area (Å²) in [4.78, 5) is 32.4. The maximum absolute atomic E-state index is 13.1. The van der Waals surface area contributed by atoms with Crippen molar-refractivity contribution in [3.05, 3.63) is 50.7 Å². The van der Waals surface area contributed by atoms with Gasteiger partial charge in [-0.1, -0.05) is 6.07 Å². The number of piperazine rings is 1. The third kappa shape index (κ3) is 3.83. The first-order chi connectivity index (χ1) is 14.5. The second-order valence-corrected chi connectivity index (χ2v) is 8.15. The lowest BCUT2D eigenvalue weighted by Crippen LogP contribution is -2.50. The van der Waals surface area contributed by atoms with Gasteiger partial charge in [-0.2, -0.15) is 5.10 Å². The minimum absolute atomic E-state index is 0.0263. The minimum Gasteiger partial charge on any atom is -0.353 e. The highest BCUT2D eigenvalue weighted by molar-refractivity contribution is 7.71. The van der Waals surface area contributed by atoms with E-state index in [2.05, 4.69) is 15.2 Å². The second kappa shape index (κ2) is 8.32. The van der Waals surface area contributed by atoms with Crippen LogP contribution in [0, 0.1) is 14.9 Å². The molecule has 10 nitrogen and oxygen atoms in total. The molecular formula is C18H19N7O3S2. The number of H-pyrrole nitrogens is 1. The standard InChI is InChI=1S/C18H19N7O3S2/c1-12(24-16(20-21-18(24)29)14-3-2-10-30-14)17(26)23-8-6-22(7-9-23)15-5-4-13(11-19-15)25(27)28/h2-5,10-12H,6-9H2,1H3,(H,21,29). The first kappa shape index (κ1) is 20.2. The SMILES string of the molecule is CC(C(=O)N1CCN(c2ccc([N+](=O)[O-])cn2)CC1)n1c(-c2cccs2)n[nH]c1=S. The molecule has 1 unspecified atom stereocenters.